The van der Waals surface area contributed by atoms with Crippen LogP contribution in [0.3, 0.4) is 0 Å². The second-order valence-electron chi connectivity index (χ2n) is 7.81. The molecule has 8 heteroatoms. The highest BCUT2D eigenvalue weighted by Crippen LogP contribution is 2.40. The predicted octanol–water partition coefficient (Wildman–Crippen LogP) is 3.73. The van der Waals surface area contributed by atoms with Crippen molar-refractivity contribution in [2.24, 2.45) is 0 Å². The number of likely N-dealkylation sites (tertiary alicyclic amines) is 1. The summed E-state index contributed by atoms with van der Waals surface area (Å²) in [6, 6.07) is 17.7. The molecule has 0 unspecified atom stereocenters. The summed E-state index contributed by atoms with van der Waals surface area (Å²) in [5.41, 5.74) is 5.56. The molecule has 0 radical (unpaired) electrons. The molecule has 1 N–H and O–H groups in total. The van der Waals surface area contributed by atoms with Crippen molar-refractivity contribution in [2.75, 3.05) is 25.6 Å². The molecule has 2 aromatic carbocycles. The van der Waals surface area contributed by atoms with Crippen LogP contribution in [0.5, 0.6) is 5.75 Å². The van der Waals surface area contributed by atoms with Crippen molar-refractivity contribution in [3.8, 4) is 17.1 Å². The topological polar surface area (TPSA) is 72.3 Å². The number of nitrogens with zero attached hydrogens (tertiary/aromatic N) is 4. The molecule has 0 aliphatic carbocycles. The van der Waals surface area contributed by atoms with Gasteiger partial charge in [-0.25, -0.2) is 4.68 Å². The zero-order chi connectivity index (χ0) is 21.2. The average Bonchev–Trinajstić information content (AvgIpc) is 3.27. The fraction of sp³-hybridized carbons (Fsp3) is 0.348. The minimum Gasteiger partial charge on any atom is -0.497 e. The average molecular weight is 436 g/mol. The molecule has 0 spiro atoms. The molecule has 3 aromatic rings. The number of fused-ring (bicyclic) bond motifs is 1. The second kappa shape index (κ2) is 8.63. The number of hydrogen-bond donors (Lipinski definition) is 1. The number of carbonyl (C=O) groups is 1. The van der Waals surface area contributed by atoms with Crippen LogP contribution in [0.1, 0.15) is 30.9 Å². The number of piperidine rings is 1. The largest absolute Gasteiger partial charge is 0.497 e. The SMILES string of the molecule is COc1ccc([C@@H]2Nn3c(nnc3-c3ccccc3)S[C@@H]2C(=O)N2CCCCC2)cc1. The number of aromatic nitrogens is 3. The Kier molecular flexibility index (Phi) is 5.55. The van der Waals surface area contributed by atoms with Gasteiger partial charge in [-0.2, -0.15) is 0 Å². The molecule has 1 fully saturated rings. The summed E-state index contributed by atoms with van der Waals surface area (Å²) in [4.78, 5) is 15.5. The van der Waals surface area contributed by atoms with Gasteiger partial charge in [-0.3, -0.25) is 4.79 Å². The van der Waals surface area contributed by atoms with E-state index in [1.54, 1.807) is 7.11 Å². The van der Waals surface area contributed by atoms with E-state index in [4.69, 9.17) is 4.74 Å². The third-order valence-corrected chi connectivity index (χ3v) is 7.06. The molecule has 5 rings (SSSR count). The Balaban J connectivity index is 1.52. The molecule has 1 aromatic heterocycles. The maximum absolute atomic E-state index is 13.5. The van der Waals surface area contributed by atoms with Gasteiger partial charge in [-0.1, -0.05) is 54.2 Å². The number of methoxy groups -OCH3 is 1. The van der Waals surface area contributed by atoms with Crippen molar-refractivity contribution < 1.29 is 9.53 Å². The Morgan fingerprint density at radius 3 is 2.48 bits per heavy atom. The fourth-order valence-corrected chi connectivity index (χ4v) is 5.34. The van der Waals surface area contributed by atoms with Crippen molar-refractivity contribution in [3.63, 3.8) is 0 Å². The minimum atomic E-state index is -0.313. The fourth-order valence-electron chi connectivity index (χ4n) is 4.17. The lowest BCUT2D eigenvalue weighted by Crippen LogP contribution is -2.47. The van der Waals surface area contributed by atoms with E-state index < -0.39 is 0 Å². The summed E-state index contributed by atoms with van der Waals surface area (Å²) < 4.78 is 7.23. The van der Waals surface area contributed by atoms with Crippen LogP contribution < -0.4 is 10.2 Å². The van der Waals surface area contributed by atoms with Gasteiger partial charge in [0.15, 0.2) is 5.82 Å². The highest BCUT2D eigenvalue weighted by Gasteiger charge is 2.40. The van der Waals surface area contributed by atoms with Crippen LogP contribution in [0, 0.1) is 0 Å². The molecule has 2 aliphatic rings. The first-order chi connectivity index (χ1) is 15.2. The quantitative estimate of drug-likeness (QED) is 0.673. The minimum absolute atomic E-state index is 0.161. The number of amides is 1. The number of rotatable bonds is 4. The van der Waals surface area contributed by atoms with E-state index in [2.05, 4.69) is 15.6 Å². The van der Waals surface area contributed by atoms with E-state index in [-0.39, 0.29) is 17.2 Å². The maximum atomic E-state index is 13.5. The van der Waals surface area contributed by atoms with E-state index in [1.165, 1.54) is 18.2 Å². The Bertz CT molecular complexity index is 1050. The highest BCUT2D eigenvalue weighted by molar-refractivity contribution is 8.00. The number of carbonyl (C=O) groups excluding carboxylic acids is 1. The number of ether oxygens (including phenoxy) is 1. The second-order valence-corrected chi connectivity index (χ2v) is 8.92. The van der Waals surface area contributed by atoms with Crippen molar-refractivity contribution >= 4 is 17.7 Å². The van der Waals surface area contributed by atoms with Crippen LogP contribution in [0.25, 0.3) is 11.4 Å². The number of hydrogen-bond acceptors (Lipinski definition) is 6. The van der Waals surface area contributed by atoms with Crippen molar-refractivity contribution in [2.45, 2.75) is 35.7 Å². The summed E-state index contributed by atoms with van der Waals surface area (Å²) >= 11 is 1.49. The first-order valence-corrected chi connectivity index (χ1v) is 11.5. The zero-order valence-corrected chi connectivity index (χ0v) is 18.2. The molecule has 2 atom stereocenters. The first kappa shape index (κ1) is 19.9. The summed E-state index contributed by atoms with van der Waals surface area (Å²) in [7, 11) is 1.65. The Morgan fingerprint density at radius 2 is 1.77 bits per heavy atom. The summed E-state index contributed by atoms with van der Waals surface area (Å²) in [6.45, 7) is 1.65. The lowest BCUT2D eigenvalue weighted by molar-refractivity contribution is -0.131. The maximum Gasteiger partial charge on any atom is 0.238 e. The molecular weight excluding hydrogens is 410 g/mol. The zero-order valence-electron chi connectivity index (χ0n) is 17.4. The standard InChI is InChI=1S/C23H25N5O2S/c1-30-18-12-10-16(11-13-18)19-20(22(29)27-14-6-3-7-15-27)31-23-25-24-21(28(23)26-19)17-8-4-2-5-9-17/h2,4-5,8-13,19-20,26H,3,6-7,14-15H2,1H3/t19-,20-/m0/s1. The van der Waals surface area contributed by atoms with Crippen molar-refractivity contribution in [3.05, 3.63) is 60.2 Å². The predicted molar refractivity (Wildman–Crippen MR) is 121 cm³/mol. The Hall–Kier alpha value is -3.00. The Morgan fingerprint density at radius 1 is 1.03 bits per heavy atom. The first-order valence-electron chi connectivity index (χ1n) is 10.6. The summed E-state index contributed by atoms with van der Waals surface area (Å²) in [5.74, 6) is 1.69. The molecular formula is C23H25N5O2S. The molecule has 0 bridgehead atoms. The molecule has 0 saturated carbocycles. The van der Waals surface area contributed by atoms with E-state index in [1.807, 2.05) is 64.2 Å². The van der Waals surface area contributed by atoms with Gasteiger partial charge in [0, 0.05) is 18.7 Å². The molecule has 31 heavy (non-hydrogen) atoms. The van der Waals surface area contributed by atoms with E-state index in [9.17, 15) is 4.79 Å². The van der Waals surface area contributed by atoms with Gasteiger partial charge in [-0.05, 0) is 37.0 Å². The van der Waals surface area contributed by atoms with Gasteiger partial charge in [0.05, 0.1) is 13.2 Å². The van der Waals surface area contributed by atoms with Gasteiger partial charge in [-0.15, -0.1) is 10.2 Å². The van der Waals surface area contributed by atoms with E-state index in [0.29, 0.717) is 5.16 Å². The lowest BCUT2D eigenvalue weighted by Gasteiger charge is -2.37. The summed E-state index contributed by atoms with van der Waals surface area (Å²) in [6.07, 6.45) is 3.33. The van der Waals surface area contributed by atoms with Crippen LogP contribution in [0.2, 0.25) is 0 Å². The van der Waals surface area contributed by atoms with Crippen LogP contribution in [0.15, 0.2) is 59.8 Å². The Labute approximate surface area is 185 Å². The van der Waals surface area contributed by atoms with Crippen molar-refractivity contribution in [1.82, 2.24) is 19.8 Å². The normalized spacial score (nSPS) is 20.6. The third kappa shape index (κ3) is 3.87. The van der Waals surface area contributed by atoms with Gasteiger partial charge >= 0.3 is 0 Å². The number of nitrogens with one attached hydrogen (secondary N) is 1. The van der Waals surface area contributed by atoms with Crippen LogP contribution in [0.4, 0.5) is 0 Å². The van der Waals surface area contributed by atoms with Crippen molar-refractivity contribution in [1.29, 1.82) is 0 Å². The highest BCUT2D eigenvalue weighted by atomic mass is 32.2. The van der Waals surface area contributed by atoms with E-state index >= 15 is 0 Å². The van der Waals surface area contributed by atoms with Gasteiger partial charge < -0.3 is 15.1 Å². The van der Waals surface area contributed by atoms with E-state index in [0.717, 1.165) is 48.6 Å². The summed E-state index contributed by atoms with van der Waals surface area (Å²) in [5, 5.41) is 9.20. The van der Waals surface area contributed by atoms with Gasteiger partial charge in [0.1, 0.15) is 11.0 Å². The lowest BCUT2D eigenvalue weighted by atomic mass is 10.0. The van der Waals surface area contributed by atoms with Gasteiger partial charge in [0.2, 0.25) is 11.1 Å². The van der Waals surface area contributed by atoms with Crippen LogP contribution >= 0.6 is 11.8 Å². The number of benzene rings is 2. The molecule has 160 valence electrons. The monoisotopic (exact) mass is 435 g/mol. The molecule has 2 aliphatic heterocycles. The van der Waals surface area contributed by atoms with Crippen LogP contribution in [-0.4, -0.2) is 51.1 Å². The van der Waals surface area contributed by atoms with Gasteiger partial charge in [0.25, 0.3) is 0 Å². The molecule has 7 nitrogen and oxygen atoms in total. The third-order valence-electron chi connectivity index (χ3n) is 5.85. The van der Waals surface area contributed by atoms with Crippen LogP contribution in [-0.2, 0) is 4.79 Å². The number of thioether (sulfide) groups is 1. The molecule has 1 saturated heterocycles. The molecule has 3 heterocycles. The molecule has 1 amide bonds. The smallest absolute Gasteiger partial charge is 0.238 e.